The van der Waals surface area contributed by atoms with E-state index in [1.54, 1.807) is 0 Å². The summed E-state index contributed by atoms with van der Waals surface area (Å²) in [4.78, 5) is 20.5. The highest BCUT2D eigenvalue weighted by Gasteiger charge is 2.26. The number of hydrogen-bond donors (Lipinski definition) is 3. The lowest BCUT2D eigenvalue weighted by Crippen LogP contribution is -2.24. The summed E-state index contributed by atoms with van der Waals surface area (Å²) in [6.07, 6.45) is 0.296. The van der Waals surface area contributed by atoms with Crippen molar-refractivity contribution in [2.24, 2.45) is 0 Å². The quantitative estimate of drug-likeness (QED) is 0.292. The van der Waals surface area contributed by atoms with Crippen LogP contribution in [0.5, 0.6) is 0 Å². The molecular weight excluding hydrogens is 186 g/mol. The van der Waals surface area contributed by atoms with Gasteiger partial charge in [-0.05, 0) is 0 Å². The lowest BCUT2D eigenvalue weighted by Gasteiger charge is -1.98. The van der Waals surface area contributed by atoms with Gasteiger partial charge in [0.05, 0.1) is 6.01 Å². The Kier molecular flexibility index (Phi) is 7.22. The van der Waals surface area contributed by atoms with E-state index in [-0.39, 0.29) is 30.3 Å². The number of nitrogens with one attached hydrogen (secondary N) is 2. The molecule has 3 N–H and O–H groups in total. The molecule has 1 aliphatic rings. The molecule has 1 saturated heterocycles. The van der Waals surface area contributed by atoms with Crippen LogP contribution in [0.3, 0.4) is 0 Å². The molecule has 0 aromatic rings. The van der Waals surface area contributed by atoms with Crippen molar-refractivity contribution in [3.63, 3.8) is 0 Å². The SMILES string of the molecule is Cl.N=C=N.O=C1CCC(=O)N1O. The number of amides is 2. The minimum atomic E-state index is -0.505. The normalized spacial score (nSPS) is 14.2. The Bertz CT molecular complexity index is 196. The summed E-state index contributed by atoms with van der Waals surface area (Å²) in [7, 11) is 0. The number of hydroxylamine groups is 2. The Labute approximate surface area is 74.6 Å². The van der Waals surface area contributed by atoms with Crippen molar-refractivity contribution >= 4 is 30.2 Å². The zero-order valence-electron chi connectivity index (χ0n) is 6.03. The Morgan fingerprint density at radius 1 is 1.25 bits per heavy atom. The van der Waals surface area contributed by atoms with E-state index in [4.69, 9.17) is 16.0 Å². The van der Waals surface area contributed by atoms with Crippen LogP contribution in [0.4, 0.5) is 0 Å². The van der Waals surface area contributed by atoms with E-state index in [1.807, 2.05) is 0 Å². The molecule has 68 valence electrons. The lowest BCUT2D eigenvalue weighted by atomic mass is 10.4. The summed E-state index contributed by atoms with van der Waals surface area (Å²) in [5.41, 5.74) is 0. The number of halogens is 1. The van der Waals surface area contributed by atoms with E-state index in [0.29, 0.717) is 0 Å². The molecule has 0 spiro atoms. The summed E-state index contributed by atoms with van der Waals surface area (Å²) < 4.78 is 0. The molecule has 1 aliphatic heterocycles. The van der Waals surface area contributed by atoms with Crippen molar-refractivity contribution in [2.75, 3.05) is 0 Å². The standard InChI is InChI=1S/C4H5NO3.CH2N2.ClH/c6-3-1-2-4(7)5(3)8;2-1-3;/h8H,1-2H2;2-3H;1H. The van der Waals surface area contributed by atoms with Crippen LogP contribution >= 0.6 is 12.4 Å². The highest BCUT2D eigenvalue weighted by Crippen LogP contribution is 2.06. The molecule has 0 aromatic heterocycles. The van der Waals surface area contributed by atoms with Gasteiger partial charge in [0.1, 0.15) is 0 Å². The first-order valence-electron chi connectivity index (χ1n) is 2.76. The molecule has 1 heterocycles. The molecule has 2 amide bonds. The fourth-order valence-electron chi connectivity index (χ4n) is 0.565. The summed E-state index contributed by atoms with van der Waals surface area (Å²) in [5.74, 6) is -1.01. The van der Waals surface area contributed by atoms with Crippen molar-refractivity contribution in [1.29, 1.82) is 10.8 Å². The largest absolute Gasteiger partial charge is 0.279 e. The van der Waals surface area contributed by atoms with Crippen LogP contribution in [0, 0.1) is 10.8 Å². The van der Waals surface area contributed by atoms with Gasteiger partial charge >= 0.3 is 0 Å². The third-order valence-electron chi connectivity index (χ3n) is 1.03. The monoisotopic (exact) mass is 193 g/mol. The second-order valence-corrected chi connectivity index (χ2v) is 1.72. The first-order valence-corrected chi connectivity index (χ1v) is 2.76. The number of imide groups is 1. The van der Waals surface area contributed by atoms with Crippen molar-refractivity contribution in [2.45, 2.75) is 12.8 Å². The minimum absolute atomic E-state index is 0. The molecule has 1 rings (SSSR count). The maximum absolute atomic E-state index is 10.2. The molecule has 0 radical (unpaired) electrons. The second-order valence-electron chi connectivity index (χ2n) is 1.72. The van der Waals surface area contributed by atoms with E-state index < -0.39 is 11.8 Å². The second kappa shape index (κ2) is 6.48. The molecule has 7 heteroatoms. The van der Waals surface area contributed by atoms with Gasteiger partial charge in [0.15, 0.2) is 0 Å². The lowest BCUT2D eigenvalue weighted by molar-refractivity contribution is -0.171. The Morgan fingerprint density at radius 2 is 1.50 bits per heavy atom. The smallest absolute Gasteiger partial charge is 0.253 e. The van der Waals surface area contributed by atoms with E-state index in [0.717, 1.165) is 0 Å². The minimum Gasteiger partial charge on any atom is -0.279 e. The van der Waals surface area contributed by atoms with E-state index in [2.05, 4.69) is 0 Å². The average molecular weight is 194 g/mol. The number of nitrogens with zero attached hydrogens (tertiary/aromatic N) is 1. The maximum Gasteiger partial charge on any atom is 0.253 e. The summed E-state index contributed by atoms with van der Waals surface area (Å²) in [5, 5.41) is 19.8. The van der Waals surface area contributed by atoms with Gasteiger partial charge in [-0.15, -0.1) is 12.4 Å². The molecule has 1 fully saturated rings. The van der Waals surface area contributed by atoms with Gasteiger partial charge < -0.3 is 0 Å². The highest BCUT2D eigenvalue weighted by molar-refractivity contribution is 6.00. The predicted octanol–water partition coefficient (Wildman–Crippen LogP) is 0.264. The number of rotatable bonds is 0. The molecule has 0 saturated carbocycles. The van der Waals surface area contributed by atoms with E-state index >= 15 is 0 Å². The highest BCUT2D eigenvalue weighted by atomic mass is 35.5. The van der Waals surface area contributed by atoms with Crippen LogP contribution in [0.2, 0.25) is 0 Å². The Hall–Kier alpha value is -1.23. The van der Waals surface area contributed by atoms with Crippen LogP contribution in [-0.2, 0) is 9.59 Å². The molecule has 0 aromatic carbocycles. The molecule has 0 unspecified atom stereocenters. The van der Waals surface area contributed by atoms with Crippen molar-refractivity contribution in [1.82, 2.24) is 5.06 Å². The Balaban J connectivity index is 0. The van der Waals surface area contributed by atoms with E-state index in [1.165, 1.54) is 6.01 Å². The molecule has 0 atom stereocenters. The van der Waals surface area contributed by atoms with Gasteiger partial charge in [-0.25, -0.2) is 10.8 Å². The van der Waals surface area contributed by atoms with Crippen LogP contribution in [0.25, 0.3) is 0 Å². The number of hydrogen-bond acceptors (Lipinski definition) is 5. The van der Waals surface area contributed by atoms with Gasteiger partial charge in [-0.3, -0.25) is 14.8 Å². The topological polar surface area (TPSA) is 105 Å². The summed E-state index contributed by atoms with van der Waals surface area (Å²) in [6.45, 7) is 0. The van der Waals surface area contributed by atoms with Gasteiger partial charge in [0.2, 0.25) is 0 Å². The Morgan fingerprint density at radius 3 is 1.58 bits per heavy atom. The molecule has 0 aliphatic carbocycles. The predicted molar refractivity (Wildman–Crippen MR) is 40.6 cm³/mol. The molecular formula is C5H8ClN3O3. The average Bonchev–Trinajstić information content (AvgIpc) is 2.22. The van der Waals surface area contributed by atoms with Crippen LogP contribution in [0.15, 0.2) is 0 Å². The van der Waals surface area contributed by atoms with Crippen molar-refractivity contribution in [3.05, 3.63) is 0 Å². The van der Waals surface area contributed by atoms with Crippen molar-refractivity contribution < 1.29 is 14.8 Å². The fraction of sp³-hybridized carbons (Fsp3) is 0.400. The first-order chi connectivity index (χ1) is 5.13. The molecule has 6 nitrogen and oxygen atoms in total. The number of carbonyl (C=O) groups excluding carboxylic acids is 2. The summed E-state index contributed by atoms with van der Waals surface area (Å²) >= 11 is 0. The fourth-order valence-corrected chi connectivity index (χ4v) is 0.565. The summed E-state index contributed by atoms with van der Waals surface area (Å²) in [6, 6.07) is 1.25. The van der Waals surface area contributed by atoms with Crippen LogP contribution in [0.1, 0.15) is 12.8 Å². The third kappa shape index (κ3) is 3.82. The first kappa shape index (κ1) is 13.4. The third-order valence-corrected chi connectivity index (χ3v) is 1.03. The zero-order chi connectivity index (χ0) is 8.85. The number of carbonyl (C=O) groups is 2. The zero-order valence-corrected chi connectivity index (χ0v) is 6.85. The molecule has 12 heavy (non-hydrogen) atoms. The maximum atomic E-state index is 10.2. The molecule has 0 bridgehead atoms. The van der Waals surface area contributed by atoms with Gasteiger partial charge in [-0.2, -0.15) is 5.06 Å². The van der Waals surface area contributed by atoms with Crippen molar-refractivity contribution in [3.8, 4) is 0 Å². The van der Waals surface area contributed by atoms with Gasteiger partial charge in [0.25, 0.3) is 11.8 Å². The van der Waals surface area contributed by atoms with Gasteiger partial charge in [0, 0.05) is 12.8 Å². The van der Waals surface area contributed by atoms with E-state index in [9.17, 15) is 9.59 Å². The van der Waals surface area contributed by atoms with Gasteiger partial charge in [-0.1, -0.05) is 0 Å². The van der Waals surface area contributed by atoms with Crippen LogP contribution < -0.4 is 0 Å². The van der Waals surface area contributed by atoms with Crippen LogP contribution in [-0.4, -0.2) is 28.1 Å².